The lowest BCUT2D eigenvalue weighted by Gasteiger charge is -2.14. The molecule has 5 heteroatoms. The number of hydrogen-bond acceptors (Lipinski definition) is 3. The first kappa shape index (κ1) is 12.5. The van der Waals surface area contributed by atoms with Gasteiger partial charge in [0, 0.05) is 12.6 Å². The van der Waals surface area contributed by atoms with Gasteiger partial charge in [-0.15, -0.1) is 0 Å². The van der Waals surface area contributed by atoms with Crippen molar-refractivity contribution in [2.45, 2.75) is 30.7 Å². The van der Waals surface area contributed by atoms with Gasteiger partial charge in [-0.3, -0.25) is 0 Å². The van der Waals surface area contributed by atoms with E-state index in [2.05, 4.69) is 10.0 Å². The smallest absolute Gasteiger partial charge is 0.241 e. The molecule has 0 radical (unpaired) electrons. The second kappa shape index (κ2) is 5.16. The number of benzene rings is 1. The van der Waals surface area contributed by atoms with E-state index in [1.807, 2.05) is 19.1 Å². The SMILES string of the molecule is CCc1ccccc1S(=O)(=O)NC1CCNC1. The summed E-state index contributed by atoms with van der Waals surface area (Å²) in [5.41, 5.74) is 0.867. The Bertz CT molecular complexity index is 479. The molecule has 1 aliphatic rings. The first-order valence-electron chi connectivity index (χ1n) is 5.94. The quantitative estimate of drug-likeness (QED) is 0.839. The number of rotatable bonds is 4. The molecule has 1 aromatic carbocycles. The van der Waals surface area contributed by atoms with Crippen LogP contribution in [0.25, 0.3) is 0 Å². The zero-order valence-corrected chi connectivity index (χ0v) is 10.8. The van der Waals surface area contributed by atoms with E-state index in [9.17, 15) is 8.42 Å². The molecule has 1 heterocycles. The largest absolute Gasteiger partial charge is 0.315 e. The van der Waals surface area contributed by atoms with Crippen molar-refractivity contribution in [3.63, 3.8) is 0 Å². The summed E-state index contributed by atoms with van der Waals surface area (Å²) in [7, 11) is -3.38. The van der Waals surface area contributed by atoms with Crippen molar-refractivity contribution in [3.8, 4) is 0 Å². The molecule has 0 amide bonds. The summed E-state index contributed by atoms with van der Waals surface area (Å²) in [6.45, 7) is 3.56. The highest BCUT2D eigenvalue weighted by Crippen LogP contribution is 2.16. The summed E-state index contributed by atoms with van der Waals surface area (Å²) in [6.07, 6.45) is 1.58. The molecule has 1 aliphatic heterocycles. The number of hydrogen-bond donors (Lipinski definition) is 2. The molecule has 0 aliphatic carbocycles. The van der Waals surface area contributed by atoms with Crippen LogP contribution in [0.5, 0.6) is 0 Å². The summed E-state index contributed by atoms with van der Waals surface area (Å²) in [5.74, 6) is 0. The average molecular weight is 254 g/mol. The number of sulfonamides is 1. The van der Waals surface area contributed by atoms with Crippen LogP contribution in [0.1, 0.15) is 18.9 Å². The zero-order chi connectivity index (χ0) is 12.3. The van der Waals surface area contributed by atoms with Crippen molar-refractivity contribution in [2.24, 2.45) is 0 Å². The van der Waals surface area contributed by atoms with Crippen molar-refractivity contribution >= 4 is 10.0 Å². The fraction of sp³-hybridized carbons (Fsp3) is 0.500. The molecule has 0 aromatic heterocycles. The van der Waals surface area contributed by atoms with Crippen LogP contribution in [0, 0.1) is 0 Å². The molecule has 17 heavy (non-hydrogen) atoms. The van der Waals surface area contributed by atoms with Gasteiger partial charge >= 0.3 is 0 Å². The van der Waals surface area contributed by atoms with Gasteiger partial charge < -0.3 is 5.32 Å². The van der Waals surface area contributed by atoms with Crippen LogP contribution in [0.2, 0.25) is 0 Å². The molecule has 1 fully saturated rings. The number of aryl methyl sites for hydroxylation is 1. The molecule has 4 nitrogen and oxygen atoms in total. The van der Waals surface area contributed by atoms with Gasteiger partial charge in [-0.25, -0.2) is 13.1 Å². The number of nitrogens with one attached hydrogen (secondary N) is 2. The Morgan fingerprint density at radius 2 is 2.18 bits per heavy atom. The van der Waals surface area contributed by atoms with Gasteiger partial charge in [0.1, 0.15) is 0 Å². The van der Waals surface area contributed by atoms with Crippen LogP contribution < -0.4 is 10.0 Å². The van der Waals surface area contributed by atoms with Crippen molar-refractivity contribution in [3.05, 3.63) is 29.8 Å². The van der Waals surface area contributed by atoms with E-state index >= 15 is 0 Å². The highest BCUT2D eigenvalue weighted by Gasteiger charge is 2.23. The molecule has 1 aromatic rings. The van der Waals surface area contributed by atoms with E-state index in [1.165, 1.54) is 0 Å². The molecule has 2 N–H and O–H groups in total. The molecule has 2 rings (SSSR count). The van der Waals surface area contributed by atoms with Gasteiger partial charge in [-0.05, 0) is 31.0 Å². The topological polar surface area (TPSA) is 58.2 Å². The summed E-state index contributed by atoms with van der Waals surface area (Å²) < 4.78 is 27.2. The predicted octanol–water partition coefficient (Wildman–Crippen LogP) is 0.889. The lowest BCUT2D eigenvalue weighted by Crippen LogP contribution is -2.36. The van der Waals surface area contributed by atoms with Crippen LogP contribution in [0.3, 0.4) is 0 Å². The predicted molar refractivity (Wildman–Crippen MR) is 67.4 cm³/mol. The van der Waals surface area contributed by atoms with Crippen LogP contribution in [0.4, 0.5) is 0 Å². The van der Waals surface area contributed by atoms with Crippen LogP contribution in [0.15, 0.2) is 29.2 Å². The molecule has 1 saturated heterocycles. The minimum Gasteiger partial charge on any atom is -0.315 e. The Labute approximate surface area is 102 Å². The van der Waals surface area contributed by atoms with Crippen LogP contribution >= 0.6 is 0 Å². The normalized spacial score (nSPS) is 20.6. The zero-order valence-electron chi connectivity index (χ0n) is 9.94. The van der Waals surface area contributed by atoms with Crippen LogP contribution in [-0.4, -0.2) is 27.5 Å². The van der Waals surface area contributed by atoms with Gasteiger partial charge in [-0.1, -0.05) is 25.1 Å². The van der Waals surface area contributed by atoms with E-state index in [0.717, 1.165) is 24.9 Å². The Kier molecular flexibility index (Phi) is 3.81. The molecule has 1 unspecified atom stereocenters. The van der Waals surface area contributed by atoms with Gasteiger partial charge in [0.25, 0.3) is 0 Å². The van der Waals surface area contributed by atoms with E-state index in [4.69, 9.17) is 0 Å². The third-order valence-corrected chi connectivity index (χ3v) is 4.65. The Morgan fingerprint density at radius 3 is 2.82 bits per heavy atom. The van der Waals surface area contributed by atoms with E-state index in [1.54, 1.807) is 12.1 Å². The van der Waals surface area contributed by atoms with Crippen molar-refractivity contribution in [2.75, 3.05) is 13.1 Å². The summed E-state index contributed by atoms with van der Waals surface area (Å²) in [5, 5.41) is 3.15. The molecular weight excluding hydrogens is 236 g/mol. The van der Waals surface area contributed by atoms with Gasteiger partial charge in [0.05, 0.1) is 4.90 Å². The first-order chi connectivity index (χ1) is 8.13. The maximum Gasteiger partial charge on any atom is 0.241 e. The van der Waals surface area contributed by atoms with Crippen molar-refractivity contribution in [1.82, 2.24) is 10.0 Å². The molecule has 0 bridgehead atoms. The molecular formula is C12H18N2O2S. The lowest BCUT2D eigenvalue weighted by molar-refractivity contribution is 0.559. The lowest BCUT2D eigenvalue weighted by atomic mass is 10.2. The first-order valence-corrected chi connectivity index (χ1v) is 7.43. The maximum atomic E-state index is 12.2. The summed E-state index contributed by atoms with van der Waals surface area (Å²) in [4.78, 5) is 0.411. The average Bonchev–Trinajstić information content (AvgIpc) is 2.81. The van der Waals surface area contributed by atoms with E-state index in [-0.39, 0.29) is 6.04 Å². The standard InChI is InChI=1S/C12H18N2O2S/c1-2-10-5-3-4-6-12(10)17(15,16)14-11-7-8-13-9-11/h3-6,11,13-14H,2,7-9H2,1H3. The van der Waals surface area contributed by atoms with Gasteiger partial charge in [0.2, 0.25) is 10.0 Å². The van der Waals surface area contributed by atoms with Crippen molar-refractivity contribution in [1.29, 1.82) is 0 Å². The Morgan fingerprint density at radius 1 is 1.41 bits per heavy atom. The fourth-order valence-electron chi connectivity index (χ4n) is 2.10. The van der Waals surface area contributed by atoms with E-state index in [0.29, 0.717) is 11.4 Å². The molecule has 0 spiro atoms. The summed E-state index contributed by atoms with van der Waals surface area (Å²) in [6, 6.07) is 7.19. The fourth-order valence-corrected chi connectivity index (χ4v) is 3.68. The molecule has 0 saturated carbocycles. The third kappa shape index (κ3) is 2.86. The highest BCUT2D eigenvalue weighted by atomic mass is 32.2. The molecule has 94 valence electrons. The van der Waals surface area contributed by atoms with Crippen LogP contribution in [-0.2, 0) is 16.4 Å². The highest BCUT2D eigenvalue weighted by molar-refractivity contribution is 7.89. The second-order valence-electron chi connectivity index (χ2n) is 4.27. The van der Waals surface area contributed by atoms with Gasteiger partial charge in [-0.2, -0.15) is 0 Å². The maximum absolute atomic E-state index is 12.2. The minimum atomic E-state index is -3.38. The monoisotopic (exact) mass is 254 g/mol. The third-order valence-electron chi connectivity index (χ3n) is 3.03. The Hall–Kier alpha value is -0.910. The molecule has 1 atom stereocenters. The van der Waals surface area contributed by atoms with Gasteiger partial charge in [0.15, 0.2) is 0 Å². The minimum absolute atomic E-state index is 0.0184. The summed E-state index contributed by atoms with van der Waals surface area (Å²) >= 11 is 0. The van der Waals surface area contributed by atoms with Crippen molar-refractivity contribution < 1.29 is 8.42 Å². The van der Waals surface area contributed by atoms with E-state index < -0.39 is 10.0 Å². The Balaban J connectivity index is 2.24. The second-order valence-corrected chi connectivity index (χ2v) is 5.95.